The number of methoxy groups -OCH3 is 1. The Morgan fingerprint density at radius 2 is 1.90 bits per heavy atom. The molecule has 0 spiro atoms. The molecule has 0 fully saturated rings. The number of alkyl halides is 3. The van der Waals surface area contributed by atoms with E-state index in [0.717, 1.165) is 16.4 Å². The van der Waals surface area contributed by atoms with E-state index >= 15 is 0 Å². The van der Waals surface area contributed by atoms with Gasteiger partial charge in [0.2, 0.25) is 5.56 Å². The van der Waals surface area contributed by atoms with Crippen molar-refractivity contribution in [3.63, 3.8) is 0 Å². The number of aromatic amines is 1. The summed E-state index contributed by atoms with van der Waals surface area (Å²) >= 11 is 6.57. The lowest BCUT2D eigenvalue weighted by Gasteiger charge is -2.33. The number of nitrogens with one attached hydrogen (secondary N) is 1. The number of H-pyrrole nitrogens is 1. The Balaban J connectivity index is 1.63. The topological polar surface area (TPSA) is 108 Å². The summed E-state index contributed by atoms with van der Waals surface area (Å²) in [4.78, 5) is 14.4. The normalized spacial score (nSPS) is 14.0. The van der Waals surface area contributed by atoms with Crippen molar-refractivity contribution in [2.45, 2.75) is 19.1 Å². The average molecular weight is 592 g/mol. The molecule has 14 heteroatoms. The van der Waals surface area contributed by atoms with Crippen molar-refractivity contribution in [2.24, 2.45) is 0 Å². The van der Waals surface area contributed by atoms with E-state index in [9.17, 15) is 26.4 Å². The standard InChI is InChI=1S/C26H21ClF3N5O4S/c1-39-23-13-19(16-4-2-5-18(12-16)26(28,29)30)20(27)14-22(23)35(24-6-3-10-31-33-24)40(37,38)34-11-9-21-17(15-34)7-8-25(36)32-21/h2-8,10,12-14H,9,11,15H2,1H3,(H,32,36). The molecule has 2 aromatic heterocycles. The van der Waals surface area contributed by atoms with Gasteiger partial charge in [0.25, 0.3) is 0 Å². The Morgan fingerprint density at radius 1 is 1.10 bits per heavy atom. The third-order valence-corrected chi connectivity index (χ3v) is 8.49. The third kappa shape index (κ3) is 5.27. The van der Waals surface area contributed by atoms with Crippen LogP contribution in [0.2, 0.25) is 5.02 Å². The number of hydrogen-bond donors (Lipinski definition) is 1. The van der Waals surface area contributed by atoms with E-state index < -0.39 is 21.9 Å². The van der Waals surface area contributed by atoms with Gasteiger partial charge >= 0.3 is 16.4 Å². The highest BCUT2D eigenvalue weighted by Gasteiger charge is 2.37. The molecule has 0 radical (unpaired) electrons. The van der Waals surface area contributed by atoms with Gasteiger partial charge in [0.15, 0.2) is 5.82 Å². The molecule has 1 aliphatic heterocycles. The minimum Gasteiger partial charge on any atom is -0.495 e. The number of hydrogen-bond acceptors (Lipinski definition) is 6. The van der Waals surface area contributed by atoms with Crippen LogP contribution in [0.15, 0.2) is 71.7 Å². The molecule has 4 aromatic rings. The molecule has 1 N–H and O–H groups in total. The van der Waals surface area contributed by atoms with Gasteiger partial charge < -0.3 is 9.72 Å². The highest BCUT2D eigenvalue weighted by molar-refractivity contribution is 7.90. The first-order chi connectivity index (χ1) is 19.0. The van der Waals surface area contributed by atoms with E-state index in [1.807, 2.05) is 0 Å². The molecule has 0 saturated heterocycles. The van der Waals surface area contributed by atoms with E-state index in [-0.39, 0.29) is 58.5 Å². The lowest BCUT2D eigenvalue weighted by Crippen LogP contribution is -2.45. The van der Waals surface area contributed by atoms with Crippen molar-refractivity contribution < 1.29 is 26.3 Å². The van der Waals surface area contributed by atoms with E-state index in [1.54, 1.807) is 6.07 Å². The van der Waals surface area contributed by atoms with Crippen LogP contribution in [-0.4, -0.2) is 41.6 Å². The van der Waals surface area contributed by atoms with Gasteiger partial charge in [-0.15, -0.1) is 5.10 Å². The highest BCUT2D eigenvalue weighted by Crippen LogP contribution is 2.44. The summed E-state index contributed by atoms with van der Waals surface area (Å²) in [5, 5.41) is 7.80. The van der Waals surface area contributed by atoms with Gasteiger partial charge in [-0.05, 0) is 47.5 Å². The zero-order valence-electron chi connectivity index (χ0n) is 20.8. The summed E-state index contributed by atoms with van der Waals surface area (Å²) in [5.41, 5.74) is 0.502. The Bertz CT molecular complexity index is 1730. The molecule has 0 bridgehead atoms. The predicted molar refractivity (Wildman–Crippen MR) is 143 cm³/mol. The van der Waals surface area contributed by atoms with Crippen LogP contribution >= 0.6 is 11.6 Å². The number of halogens is 4. The van der Waals surface area contributed by atoms with Gasteiger partial charge in [-0.2, -0.15) is 31.0 Å². The van der Waals surface area contributed by atoms with Crippen molar-refractivity contribution >= 4 is 33.3 Å². The quantitative estimate of drug-likeness (QED) is 0.340. The number of anilines is 2. The second-order valence-corrected chi connectivity index (χ2v) is 11.0. The lowest BCUT2D eigenvalue weighted by molar-refractivity contribution is -0.137. The van der Waals surface area contributed by atoms with Crippen LogP contribution < -0.4 is 14.6 Å². The van der Waals surface area contributed by atoms with E-state index in [2.05, 4.69) is 15.2 Å². The molecule has 0 unspecified atom stereocenters. The Hall–Kier alpha value is -3.94. The third-order valence-electron chi connectivity index (χ3n) is 6.37. The first-order valence-electron chi connectivity index (χ1n) is 11.8. The van der Waals surface area contributed by atoms with Crippen LogP contribution in [0.1, 0.15) is 16.8 Å². The lowest BCUT2D eigenvalue weighted by atomic mass is 10.0. The van der Waals surface area contributed by atoms with Crippen molar-refractivity contribution in [3.05, 3.63) is 99.1 Å². The van der Waals surface area contributed by atoms with E-state index in [1.165, 1.54) is 60.1 Å². The van der Waals surface area contributed by atoms with Crippen LogP contribution in [-0.2, 0) is 29.4 Å². The van der Waals surface area contributed by atoms with Crippen LogP contribution in [0.5, 0.6) is 5.75 Å². The molecular formula is C26H21ClF3N5O4S. The van der Waals surface area contributed by atoms with Gasteiger partial charge in [-0.1, -0.05) is 29.8 Å². The van der Waals surface area contributed by atoms with Gasteiger partial charge in [-0.25, -0.2) is 4.31 Å². The molecule has 1 aliphatic rings. The first kappa shape index (κ1) is 27.6. The van der Waals surface area contributed by atoms with E-state index in [0.29, 0.717) is 11.3 Å². The number of benzene rings is 2. The molecule has 2 aromatic carbocycles. The zero-order valence-corrected chi connectivity index (χ0v) is 22.4. The number of fused-ring (bicyclic) bond motifs is 1. The highest BCUT2D eigenvalue weighted by atomic mass is 35.5. The smallest absolute Gasteiger partial charge is 0.416 e. The fourth-order valence-electron chi connectivity index (χ4n) is 4.45. The zero-order chi connectivity index (χ0) is 28.7. The molecule has 0 saturated carbocycles. The molecule has 40 heavy (non-hydrogen) atoms. The second-order valence-electron chi connectivity index (χ2n) is 8.85. The maximum Gasteiger partial charge on any atom is 0.416 e. The monoisotopic (exact) mass is 591 g/mol. The minimum atomic E-state index is -4.57. The number of ether oxygens (including phenoxy) is 1. The molecule has 208 valence electrons. The predicted octanol–water partition coefficient (Wildman–Crippen LogP) is 4.95. The first-order valence-corrected chi connectivity index (χ1v) is 13.6. The van der Waals surface area contributed by atoms with Crippen molar-refractivity contribution in [3.8, 4) is 16.9 Å². The summed E-state index contributed by atoms with van der Waals surface area (Å²) in [6.07, 6.45) is -2.92. The number of aromatic nitrogens is 3. The summed E-state index contributed by atoms with van der Waals surface area (Å²) in [6.45, 7) is 0.0357. The van der Waals surface area contributed by atoms with Gasteiger partial charge in [0.05, 0.1) is 17.7 Å². The maximum atomic E-state index is 14.1. The largest absolute Gasteiger partial charge is 0.495 e. The number of pyridine rings is 1. The van der Waals surface area contributed by atoms with Crippen molar-refractivity contribution in [1.82, 2.24) is 19.5 Å². The molecule has 3 heterocycles. The summed E-state index contributed by atoms with van der Waals surface area (Å²) in [5.74, 6) is -0.0382. The molecular weight excluding hydrogens is 571 g/mol. The Kier molecular flexibility index (Phi) is 7.29. The number of nitrogens with zero attached hydrogens (tertiary/aromatic N) is 4. The summed E-state index contributed by atoms with van der Waals surface area (Å²) in [7, 11) is -3.05. The number of rotatable bonds is 6. The molecule has 9 nitrogen and oxygen atoms in total. The minimum absolute atomic E-state index is 0.0132. The fourth-order valence-corrected chi connectivity index (χ4v) is 6.30. The van der Waals surface area contributed by atoms with Crippen molar-refractivity contribution in [2.75, 3.05) is 18.0 Å². The van der Waals surface area contributed by atoms with Crippen LogP contribution in [0.3, 0.4) is 0 Å². The van der Waals surface area contributed by atoms with Crippen molar-refractivity contribution in [1.29, 1.82) is 0 Å². The van der Waals surface area contributed by atoms with Gasteiger partial charge in [-0.3, -0.25) is 4.79 Å². The molecule has 0 aliphatic carbocycles. The van der Waals surface area contributed by atoms with E-state index in [4.69, 9.17) is 16.3 Å². The molecule has 0 amide bonds. The Labute approximate surface area is 232 Å². The SMILES string of the molecule is COc1cc(-c2cccc(C(F)(F)F)c2)c(Cl)cc1N(c1cccnn1)S(=O)(=O)N1CCc2[nH]c(=O)ccc2C1. The maximum absolute atomic E-state index is 14.1. The van der Waals surface area contributed by atoms with Crippen LogP contribution in [0, 0.1) is 0 Å². The summed E-state index contributed by atoms with van der Waals surface area (Å²) in [6, 6.07) is 13.1. The van der Waals surface area contributed by atoms with Gasteiger partial charge in [0, 0.05) is 43.0 Å². The van der Waals surface area contributed by atoms with Crippen LogP contribution in [0.4, 0.5) is 24.7 Å². The van der Waals surface area contributed by atoms with Gasteiger partial charge in [0.1, 0.15) is 11.4 Å². The molecule has 5 rings (SSSR count). The van der Waals surface area contributed by atoms with Crippen LogP contribution in [0.25, 0.3) is 11.1 Å². The average Bonchev–Trinajstić information content (AvgIpc) is 2.93. The summed E-state index contributed by atoms with van der Waals surface area (Å²) < 4.78 is 76.0. The fraction of sp³-hybridized carbons (Fsp3) is 0.192. The molecule has 0 atom stereocenters. The second kappa shape index (κ2) is 10.6. The Morgan fingerprint density at radius 3 is 2.60 bits per heavy atom.